The number of rotatable bonds is 6. The molecule has 0 saturated heterocycles. The van der Waals surface area contributed by atoms with Gasteiger partial charge in [-0.2, -0.15) is 0 Å². The standard InChI is InChI=1S/C19H16Cl2N2O3/c1-26-19-14-9-12(6-5-11(14)7-8-22-19)23-16(10-17(24)25)13-3-2-4-15(20)18(13)21/h2-9,16,23H,10H2,1H3,(H,24,25). The van der Waals surface area contributed by atoms with Crippen LogP contribution >= 0.6 is 23.2 Å². The Balaban J connectivity index is 2.00. The Hall–Kier alpha value is -2.50. The molecule has 0 radical (unpaired) electrons. The molecule has 1 unspecified atom stereocenters. The maximum absolute atomic E-state index is 11.3. The third kappa shape index (κ3) is 3.84. The lowest BCUT2D eigenvalue weighted by atomic mass is 10.0. The number of ether oxygens (including phenoxy) is 1. The highest BCUT2D eigenvalue weighted by molar-refractivity contribution is 6.42. The number of hydrogen-bond acceptors (Lipinski definition) is 4. The number of benzene rings is 2. The summed E-state index contributed by atoms with van der Waals surface area (Å²) in [6, 6.07) is 12.2. The summed E-state index contributed by atoms with van der Waals surface area (Å²) in [5.74, 6) is -0.444. The Morgan fingerprint density at radius 1 is 1.27 bits per heavy atom. The summed E-state index contributed by atoms with van der Waals surface area (Å²) in [5, 5.41) is 15.0. The van der Waals surface area contributed by atoms with Crippen LogP contribution in [-0.4, -0.2) is 23.2 Å². The van der Waals surface area contributed by atoms with Gasteiger partial charge in [-0.3, -0.25) is 4.79 Å². The highest BCUT2D eigenvalue weighted by Crippen LogP contribution is 2.34. The van der Waals surface area contributed by atoms with Crippen molar-refractivity contribution in [3.8, 4) is 5.88 Å². The molecule has 0 aliphatic rings. The van der Waals surface area contributed by atoms with Gasteiger partial charge in [0.15, 0.2) is 0 Å². The molecule has 1 aromatic heterocycles. The van der Waals surface area contributed by atoms with Crippen molar-refractivity contribution in [1.29, 1.82) is 0 Å². The molecular formula is C19H16Cl2N2O3. The monoisotopic (exact) mass is 390 g/mol. The molecule has 0 saturated carbocycles. The second kappa shape index (κ2) is 7.81. The van der Waals surface area contributed by atoms with E-state index in [1.54, 1.807) is 31.5 Å². The summed E-state index contributed by atoms with van der Waals surface area (Å²) in [7, 11) is 1.56. The van der Waals surface area contributed by atoms with Crippen molar-refractivity contribution in [2.45, 2.75) is 12.5 Å². The number of carbonyl (C=O) groups is 1. The van der Waals surface area contributed by atoms with E-state index >= 15 is 0 Å². The molecule has 7 heteroatoms. The third-order valence-electron chi connectivity index (χ3n) is 4.00. The Morgan fingerprint density at radius 3 is 2.81 bits per heavy atom. The van der Waals surface area contributed by atoms with Gasteiger partial charge >= 0.3 is 5.97 Å². The molecule has 3 aromatic rings. The molecule has 2 aromatic carbocycles. The predicted molar refractivity (Wildman–Crippen MR) is 103 cm³/mol. The van der Waals surface area contributed by atoms with Crippen LogP contribution in [0.5, 0.6) is 5.88 Å². The first-order valence-corrected chi connectivity index (χ1v) is 8.60. The van der Waals surface area contributed by atoms with Crippen molar-refractivity contribution < 1.29 is 14.6 Å². The van der Waals surface area contributed by atoms with E-state index in [1.165, 1.54) is 0 Å². The molecule has 1 atom stereocenters. The number of aliphatic carboxylic acids is 1. The number of methoxy groups -OCH3 is 1. The molecule has 0 amide bonds. The minimum Gasteiger partial charge on any atom is -0.481 e. The molecule has 134 valence electrons. The number of hydrogen-bond donors (Lipinski definition) is 2. The van der Waals surface area contributed by atoms with Crippen LogP contribution in [0.3, 0.4) is 0 Å². The largest absolute Gasteiger partial charge is 0.481 e. The van der Waals surface area contributed by atoms with Gasteiger partial charge in [0.05, 0.1) is 29.6 Å². The van der Waals surface area contributed by atoms with Gasteiger partial charge in [0, 0.05) is 17.3 Å². The van der Waals surface area contributed by atoms with Gasteiger partial charge in [0.1, 0.15) is 0 Å². The van der Waals surface area contributed by atoms with Crippen LogP contribution in [0.4, 0.5) is 5.69 Å². The van der Waals surface area contributed by atoms with Gasteiger partial charge in [-0.05, 0) is 35.2 Å². The average Bonchev–Trinajstić information content (AvgIpc) is 2.62. The van der Waals surface area contributed by atoms with Crippen LogP contribution < -0.4 is 10.1 Å². The Morgan fingerprint density at radius 2 is 2.08 bits per heavy atom. The van der Waals surface area contributed by atoms with E-state index in [9.17, 15) is 9.90 Å². The average molecular weight is 391 g/mol. The first kappa shape index (κ1) is 18.3. The van der Waals surface area contributed by atoms with E-state index in [4.69, 9.17) is 27.9 Å². The van der Waals surface area contributed by atoms with E-state index in [-0.39, 0.29) is 6.42 Å². The van der Waals surface area contributed by atoms with Crippen LogP contribution in [0, 0.1) is 0 Å². The van der Waals surface area contributed by atoms with Crippen molar-refractivity contribution in [1.82, 2.24) is 4.98 Å². The van der Waals surface area contributed by atoms with Crippen molar-refractivity contribution in [2.75, 3.05) is 12.4 Å². The lowest BCUT2D eigenvalue weighted by molar-refractivity contribution is -0.137. The van der Waals surface area contributed by atoms with Gasteiger partial charge in [0.25, 0.3) is 0 Å². The zero-order valence-corrected chi connectivity index (χ0v) is 15.4. The number of nitrogens with one attached hydrogen (secondary N) is 1. The summed E-state index contributed by atoms with van der Waals surface area (Å²) in [6.45, 7) is 0. The summed E-state index contributed by atoms with van der Waals surface area (Å²) in [5.41, 5.74) is 1.35. The Labute approximate surface area is 160 Å². The number of carboxylic acid groups (broad SMARTS) is 1. The minimum absolute atomic E-state index is 0.151. The zero-order valence-electron chi connectivity index (χ0n) is 13.9. The van der Waals surface area contributed by atoms with Crippen molar-refractivity contribution >= 4 is 45.6 Å². The summed E-state index contributed by atoms with van der Waals surface area (Å²) in [4.78, 5) is 15.5. The second-order valence-corrected chi connectivity index (χ2v) is 6.48. The van der Waals surface area contributed by atoms with Crippen molar-refractivity contribution in [2.24, 2.45) is 0 Å². The fourth-order valence-electron chi connectivity index (χ4n) is 2.80. The predicted octanol–water partition coefficient (Wildman–Crippen LogP) is 5.18. The molecule has 0 aliphatic heterocycles. The minimum atomic E-state index is -0.946. The first-order valence-electron chi connectivity index (χ1n) is 7.84. The molecule has 2 N–H and O–H groups in total. The van der Waals surface area contributed by atoms with E-state index in [0.29, 0.717) is 21.5 Å². The van der Waals surface area contributed by atoms with Gasteiger partial charge in [0.2, 0.25) is 5.88 Å². The van der Waals surface area contributed by atoms with Crippen molar-refractivity contribution in [3.05, 3.63) is 64.3 Å². The van der Waals surface area contributed by atoms with E-state index < -0.39 is 12.0 Å². The SMILES string of the molecule is COc1nccc2ccc(NC(CC(=O)O)c3cccc(Cl)c3Cl)cc12. The lowest BCUT2D eigenvalue weighted by Crippen LogP contribution is -2.15. The van der Waals surface area contributed by atoms with Gasteiger partial charge < -0.3 is 15.2 Å². The molecule has 0 fully saturated rings. The summed E-state index contributed by atoms with van der Waals surface area (Å²) in [6.07, 6.45) is 1.52. The topological polar surface area (TPSA) is 71.5 Å². The van der Waals surface area contributed by atoms with E-state index in [2.05, 4.69) is 10.3 Å². The maximum Gasteiger partial charge on any atom is 0.305 e. The number of aromatic nitrogens is 1. The molecule has 26 heavy (non-hydrogen) atoms. The number of halogens is 2. The number of nitrogens with zero attached hydrogens (tertiary/aromatic N) is 1. The fourth-order valence-corrected chi connectivity index (χ4v) is 3.24. The molecule has 0 aliphatic carbocycles. The van der Waals surface area contributed by atoms with Gasteiger partial charge in [-0.15, -0.1) is 0 Å². The molecule has 0 bridgehead atoms. The number of carboxylic acids is 1. The number of pyridine rings is 1. The van der Waals surface area contributed by atoms with Crippen LogP contribution in [0.2, 0.25) is 10.0 Å². The number of fused-ring (bicyclic) bond motifs is 1. The molecule has 1 heterocycles. The fraction of sp³-hybridized carbons (Fsp3) is 0.158. The van der Waals surface area contributed by atoms with Crippen molar-refractivity contribution in [3.63, 3.8) is 0 Å². The first-order chi connectivity index (χ1) is 12.5. The van der Waals surface area contributed by atoms with Crippen LogP contribution in [0.25, 0.3) is 10.8 Å². The molecule has 5 nitrogen and oxygen atoms in total. The van der Waals surface area contributed by atoms with Gasteiger partial charge in [-0.25, -0.2) is 4.98 Å². The quantitative estimate of drug-likeness (QED) is 0.606. The van der Waals surface area contributed by atoms with Crippen LogP contribution in [-0.2, 0) is 4.79 Å². The Bertz CT molecular complexity index is 963. The van der Waals surface area contributed by atoms with Gasteiger partial charge in [-0.1, -0.05) is 41.4 Å². The highest BCUT2D eigenvalue weighted by atomic mass is 35.5. The van der Waals surface area contributed by atoms with Crippen LogP contribution in [0.15, 0.2) is 48.7 Å². The normalized spacial score (nSPS) is 12.0. The lowest BCUT2D eigenvalue weighted by Gasteiger charge is -2.21. The maximum atomic E-state index is 11.3. The van der Waals surface area contributed by atoms with E-state index in [1.807, 2.05) is 24.3 Å². The molecular weight excluding hydrogens is 375 g/mol. The summed E-state index contributed by atoms with van der Waals surface area (Å²) < 4.78 is 5.30. The summed E-state index contributed by atoms with van der Waals surface area (Å²) >= 11 is 12.4. The number of anilines is 1. The molecule has 0 spiro atoms. The smallest absolute Gasteiger partial charge is 0.305 e. The molecule has 3 rings (SSSR count). The zero-order chi connectivity index (χ0) is 18.7. The second-order valence-electron chi connectivity index (χ2n) is 5.69. The third-order valence-corrected chi connectivity index (χ3v) is 4.83. The Kier molecular flexibility index (Phi) is 5.49. The van der Waals surface area contributed by atoms with E-state index in [0.717, 1.165) is 16.5 Å². The highest BCUT2D eigenvalue weighted by Gasteiger charge is 2.20. The van der Waals surface area contributed by atoms with Crippen LogP contribution in [0.1, 0.15) is 18.0 Å².